The molecule has 18 heavy (non-hydrogen) atoms. The molecule has 2 aromatic heterocycles. The number of nitrogens with one attached hydrogen (secondary N) is 1. The molecule has 0 aliphatic carbocycles. The smallest absolute Gasteiger partial charge is 0.147 e. The van der Waals surface area contributed by atoms with Crippen molar-refractivity contribution >= 4 is 5.82 Å². The molecular formula is C13H17N5. The van der Waals surface area contributed by atoms with E-state index in [0.717, 1.165) is 42.5 Å². The number of pyridine rings is 1. The van der Waals surface area contributed by atoms with Crippen LogP contribution in [0.2, 0.25) is 0 Å². The number of rotatable bonds is 2. The third-order valence-corrected chi connectivity index (χ3v) is 3.20. The summed E-state index contributed by atoms with van der Waals surface area (Å²) in [6.45, 7) is 4.81. The Bertz CT molecular complexity index is 560. The second-order valence-electron chi connectivity index (χ2n) is 4.80. The van der Waals surface area contributed by atoms with Crippen LogP contribution < -0.4 is 5.32 Å². The van der Waals surface area contributed by atoms with Gasteiger partial charge in [0.1, 0.15) is 17.5 Å². The third kappa shape index (κ3) is 2.20. The van der Waals surface area contributed by atoms with Crippen LogP contribution in [-0.2, 0) is 13.0 Å². The molecule has 5 heteroatoms. The fourth-order valence-electron chi connectivity index (χ4n) is 2.38. The van der Waals surface area contributed by atoms with E-state index in [-0.39, 0.29) is 0 Å². The molecule has 0 radical (unpaired) electrons. The fraction of sp³-hybridized carbons (Fsp3) is 0.462. The SMILES string of the molecule is Cc1cccc(NC2CCc3nc(C)nn3C2)n1. The Hall–Kier alpha value is -1.91. The van der Waals surface area contributed by atoms with Gasteiger partial charge in [0.25, 0.3) is 0 Å². The normalized spacial score (nSPS) is 18.4. The highest BCUT2D eigenvalue weighted by Gasteiger charge is 2.20. The van der Waals surface area contributed by atoms with E-state index in [4.69, 9.17) is 0 Å². The Labute approximate surface area is 106 Å². The Balaban J connectivity index is 1.73. The number of fused-ring (bicyclic) bond motifs is 1. The third-order valence-electron chi connectivity index (χ3n) is 3.20. The minimum atomic E-state index is 0.382. The highest BCUT2D eigenvalue weighted by atomic mass is 15.4. The van der Waals surface area contributed by atoms with Gasteiger partial charge in [-0.25, -0.2) is 14.6 Å². The van der Waals surface area contributed by atoms with Crippen LogP contribution in [0.15, 0.2) is 18.2 Å². The van der Waals surface area contributed by atoms with E-state index in [1.807, 2.05) is 36.7 Å². The lowest BCUT2D eigenvalue weighted by atomic mass is 10.1. The predicted octanol–water partition coefficient (Wildman–Crippen LogP) is 1.72. The van der Waals surface area contributed by atoms with Crippen LogP contribution >= 0.6 is 0 Å². The summed E-state index contributed by atoms with van der Waals surface area (Å²) in [4.78, 5) is 8.89. The molecule has 1 aliphatic heterocycles. The second-order valence-corrected chi connectivity index (χ2v) is 4.80. The van der Waals surface area contributed by atoms with E-state index in [2.05, 4.69) is 20.4 Å². The topological polar surface area (TPSA) is 55.6 Å². The lowest BCUT2D eigenvalue weighted by Crippen LogP contribution is -2.32. The van der Waals surface area contributed by atoms with Crippen LogP contribution in [0, 0.1) is 13.8 Å². The fourth-order valence-corrected chi connectivity index (χ4v) is 2.38. The van der Waals surface area contributed by atoms with Gasteiger partial charge < -0.3 is 5.32 Å². The molecule has 0 saturated carbocycles. The summed E-state index contributed by atoms with van der Waals surface area (Å²) < 4.78 is 2.01. The van der Waals surface area contributed by atoms with Gasteiger partial charge in [0.15, 0.2) is 0 Å². The van der Waals surface area contributed by atoms with Crippen LogP contribution in [0.3, 0.4) is 0 Å². The van der Waals surface area contributed by atoms with E-state index in [0.29, 0.717) is 6.04 Å². The molecule has 0 spiro atoms. The summed E-state index contributed by atoms with van der Waals surface area (Å²) in [5.74, 6) is 2.90. The maximum Gasteiger partial charge on any atom is 0.147 e. The van der Waals surface area contributed by atoms with Gasteiger partial charge in [-0.2, -0.15) is 5.10 Å². The minimum Gasteiger partial charge on any atom is -0.365 e. The Morgan fingerprint density at radius 1 is 1.28 bits per heavy atom. The summed E-state index contributed by atoms with van der Waals surface area (Å²) in [5, 5.41) is 7.88. The van der Waals surface area contributed by atoms with Gasteiger partial charge in [-0.1, -0.05) is 6.07 Å². The summed E-state index contributed by atoms with van der Waals surface area (Å²) in [6, 6.07) is 6.42. The van der Waals surface area contributed by atoms with Crippen LogP contribution in [0.5, 0.6) is 0 Å². The molecule has 0 saturated heterocycles. The molecule has 3 rings (SSSR count). The molecule has 0 amide bonds. The van der Waals surface area contributed by atoms with Crippen molar-refractivity contribution in [2.24, 2.45) is 0 Å². The van der Waals surface area contributed by atoms with Gasteiger partial charge in [0, 0.05) is 18.2 Å². The molecule has 0 fully saturated rings. The van der Waals surface area contributed by atoms with Gasteiger partial charge in [-0.05, 0) is 32.4 Å². The van der Waals surface area contributed by atoms with Crippen LogP contribution in [-0.4, -0.2) is 25.8 Å². The maximum atomic E-state index is 4.47. The Kier molecular flexibility index (Phi) is 2.74. The summed E-state index contributed by atoms with van der Waals surface area (Å²) in [5.41, 5.74) is 1.04. The van der Waals surface area contributed by atoms with Gasteiger partial charge in [-0.3, -0.25) is 0 Å². The predicted molar refractivity (Wildman–Crippen MR) is 69.5 cm³/mol. The average Bonchev–Trinajstić information content (AvgIpc) is 2.68. The van der Waals surface area contributed by atoms with Crippen LogP contribution in [0.4, 0.5) is 5.82 Å². The minimum absolute atomic E-state index is 0.382. The Morgan fingerprint density at radius 2 is 2.17 bits per heavy atom. The highest BCUT2D eigenvalue weighted by molar-refractivity contribution is 5.36. The van der Waals surface area contributed by atoms with Crippen LogP contribution in [0.25, 0.3) is 0 Å². The monoisotopic (exact) mass is 243 g/mol. The van der Waals surface area contributed by atoms with E-state index < -0.39 is 0 Å². The van der Waals surface area contributed by atoms with Crippen LogP contribution in [0.1, 0.15) is 23.8 Å². The molecule has 2 aromatic rings. The summed E-state index contributed by atoms with van der Waals surface area (Å²) in [7, 11) is 0. The van der Waals surface area contributed by atoms with Gasteiger partial charge in [0.2, 0.25) is 0 Å². The van der Waals surface area contributed by atoms with Crippen molar-refractivity contribution in [3.8, 4) is 0 Å². The van der Waals surface area contributed by atoms with E-state index in [1.165, 1.54) is 0 Å². The van der Waals surface area contributed by atoms with Crippen molar-refractivity contribution < 1.29 is 0 Å². The lowest BCUT2D eigenvalue weighted by molar-refractivity contribution is 0.440. The first kappa shape index (κ1) is 11.2. The molecule has 1 aliphatic rings. The zero-order chi connectivity index (χ0) is 12.5. The van der Waals surface area contributed by atoms with Crippen molar-refractivity contribution in [3.05, 3.63) is 35.5 Å². The zero-order valence-corrected chi connectivity index (χ0v) is 10.7. The first-order valence-electron chi connectivity index (χ1n) is 6.31. The average molecular weight is 243 g/mol. The van der Waals surface area contributed by atoms with Crippen molar-refractivity contribution in [2.45, 2.75) is 39.3 Å². The van der Waals surface area contributed by atoms with E-state index in [1.54, 1.807) is 0 Å². The number of aryl methyl sites for hydroxylation is 3. The molecule has 94 valence electrons. The number of hydrogen-bond donors (Lipinski definition) is 1. The lowest BCUT2D eigenvalue weighted by Gasteiger charge is -2.24. The van der Waals surface area contributed by atoms with E-state index in [9.17, 15) is 0 Å². The maximum absolute atomic E-state index is 4.47. The number of anilines is 1. The van der Waals surface area contributed by atoms with Gasteiger partial charge in [-0.15, -0.1) is 0 Å². The standard InChI is InChI=1S/C13H17N5/c1-9-4-3-5-12(14-9)16-11-6-7-13-15-10(2)17-18(13)8-11/h3-5,11H,6-8H2,1-2H3,(H,14,16). The van der Waals surface area contributed by atoms with E-state index >= 15 is 0 Å². The number of hydrogen-bond acceptors (Lipinski definition) is 4. The molecule has 1 N–H and O–H groups in total. The summed E-state index contributed by atoms with van der Waals surface area (Å²) >= 11 is 0. The quantitative estimate of drug-likeness (QED) is 0.872. The van der Waals surface area contributed by atoms with Gasteiger partial charge >= 0.3 is 0 Å². The highest BCUT2D eigenvalue weighted by Crippen LogP contribution is 2.16. The molecular weight excluding hydrogens is 226 g/mol. The molecule has 1 atom stereocenters. The number of nitrogens with zero attached hydrogens (tertiary/aromatic N) is 4. The van der Waals surface area contributed by atoms with Crippen molar-refractivity contribution in [1.82, 2.24) is 19.7 Å². The second kappa shape index (κ2) is 4.40. The molecule has 3 heterocycles. The molecule has 0 bridgehead atoms. The first-order chi connectivity index (χ1) is 8.70. The summed E-state index contributed by atoms with van der Waals surface area (Å²) in [6.07, 6.45) is 2.05. The zero-order valence-electron chi connectivity index (χ0n) is 10.7. The van der Waals surface area contributed by atoms with Crippen molar-refractivity contribution in [3.63, 3.8) is 0 Å². The van der Waals surface area contributed by atoms with Gasteiger partial charge in [0.05, 0.1) is 6.54 Å². The van der Waals surface area contributed by atoms with Crippen molar-refractivity contribution in [1.29, 1.82) is 0 Å². The molecule has 5 nitrogen and oxygen atoms in total. The number of aromatic nitrogens is 4. The largest absolute Gasteiger partial charge is 0.365 e. The van der Waals surface area contributed by atoms with Crippen molar-refractivity contribution in [2.75, 3.05) is 5.32 Å². The Morgan fingerprint density at radius 3 is 3.00 bits per heavy atom. The molecule has 0 aromatic carbocycles. The molecule has 1 unspecified atom stereocenters. The first-order valence-corrected chi connectivity index (χ1v) is 6.31.